The number of imidazole rings is 1. The van der Waals surface area contributed by atoms with Crippen LogP contribution in [0.3, 0.4) is 0 Å². The van der Waals surface area contributed by atoms with E-state index in [1.165, 1.54) is 11.3 Å². The molecule has 4 heterocycles. The maximum atomic E-state index is 13.1. The van der Waals surface area contributed by atoms with Gasteiger partial charge in [0.15, 0.2) is 0 Å². The number of halogens is 2. The lowest BCUT2D eigenvalue weighted by atomic mass is 9.95. The van der Waals surface area contributed by atoms with E-state index >= 15 is 0 Å². The van der Waals surface area contributed by atoms with Crippen LogP contribution in [-0.2, 0) is 6.54 Å². The number of thiophene rings is 1. The predicted octanol–water partition coefficient (Wildman–Crippen LogP) is 6.38. The minimum atomic E-state index is 0.0923. The van der Waals surface area contributed by atoms with Crippen LogP contribution in [0.1, 0.15) is 39.8 Å². The molecule has 33 heavy (non-hydrogen) atoms. The van der Waals surface area contributed by atoms with Gasteiger partial charge in [-0.05, 0) is 60.9 Å². The van der Waals surface area contributed by atoms with E-state index in [-0.39, 0.29) is 5.91 Å². The number of hydrogen-bond acceptors (Lipinski definition) is 4. The lowest BCUT2D eigenvalue weighted by Gasteiger charge is -2.31. The van der Waals surface area contributed by atoms with Crippen molar-refractivity contribution in [3.63, 3.8) is 0 Å². The van der Waals surface area contributed by atoms with E-state index in [2.05, 4.69) is 14.5 Å². The lowest BCUT2D eigenvalue weighted by molar-refractivity contribution is 0.0715. The van der Waals surface area contributed by atoms with Crippen LogP contribution < -0.4 is 0 Å². The molecule has 0 unspecified atom stereocenters. The first-order valence-electron chi connectivity index (χ1n) is 10.8. The highest BCUT2D eigenvalue weighted by atomic mass is 35.5. The van der Waals surface area contributed by atoms with E-state index < -0.39 is 0 Å². The molecule has 0 saturated carbocycles. The number of carbonyl (C=O) groups excluding carboxylic acids is 1. The second-order valence-corrected chi connectivity index (χ2v) is 10.0. The summed E-state index contributed by atoms with van der Waals surface area (Å²) in [6.45, 7) is 2.05. The first-order chi connectivity index (χ1) is 16.1. The minimum Gasteiger partial charge on any atom is -0.338 e. The Kier molecular flexibility index (Phi) is 6.49. The number of piperidine rings is 1. The number of likely N-dealkylation sites (tertiary alicyclic amines) is 1. The van der Waals surface area contributed by atoms with Gasteiger partial charge in [0.25, 0.3) is 5.91 Å². The van der Waals surface area contributed by atoms with E-state index in [1.807, 2.05) is 59.8 Å². The standard InChI is InChI=1S/C25H22Cl2N4OS/c26-19-4-5-20(27)18(15-19)16-31-14-11-29-24(31)17-8-12-30(13-9-17)25(32)23-7-6-22(33-23)21-3-1-2-10-28-21/h1-7,10-11,14-15,17H,8-9,12-13,16H2. The van der Waals surface area contributed by atoms with Crippen LogP contribution in [0.5, 0.6) is 0 Å². The van der Waals surface area contributed by atoms with Crippen molar-refractivity contribution in [3.05, 3.63) is 93.4 Å². The lowest BCUT2D eigenvalue weighted by Crippen LogP contribution is -2.38. The van der Waals surface area contributed by atoms with Gasteiger partial charge in [-0.3, -0.25) is 9.78 Å². The van der Waals surface area contributed by atoms with E-state index in [1.54, 1.807) is 12.3 Å². The number of pyridine rings is 1. The molecule has 0 radical (unpaired) electrons. The van der Waals surface area contributed by atoms with Crippen molar-refractivity contribution in [2.45, 2.75) is 25.3 Å². The SMILES string of the molecule is O=C(c1ccc(-c2ccccn2)s1)N1CCC(c2nccn2Cc2cc(Cl)ccc2Cl)CC1. The van der Waals surface area contributed by atoms with Crippen LogP contribution >= 0.6 is 34.5 Å². The largest absolute Gasteiger partial charge is 0.338 e. The van der Waals surface area contributed by atoms with Crippen LogP contribution in [0.15, 0.2) is 67.1 Å². The zero-order chi connectivity index (χ0) is 22.8. The molecule has 1 aliphatic heterocycles. The predicted molar refractivity (Wildman–Crippen MR) is 133 cm³/mol. The first-order valence-corrected chi connectivity index (χ1v) is 12.4. The number of nitrogens with zero attached hydrogens (tertiary/aromatic N) is 4. The summed E-state index contributed by atoms with van der Waals surface area (Å²) in [5.41, 5.74) is 1.87. The monoisotopic (exact) mass is 496 g/mol. The normalized spacial score (nSPS) is 14.5. The average Bonchev–Trinajstić information content (AvgIpc) is 3.52. The minimum absolute atomic E-state index is 0.0923. The number of benzene rings is 1. The molecule has 0 aliphatic carbocycles. The maximum Gasteiger partial charge on any atom is 0.263 e. The maximum absolute atomic E-state index is 13.1. The molecule has 0 N–H and O–H groups in total. The molecule has 1 fully saturated rings. The van der Waals surface area contributed by atoms with Crippen LogP contribution in [0.25, 0.3) is 10.6 Å². The molecule has 5 nitrogen and oxygen atoms in total. The molecule has 1 amide bonds. The summed E-state index contributed by atoms with van der Waals surface area (Å²) >= 11 is 14.0. The molecule has 8 heteroatoms. The van der Waals surface area contributed by atoms with Crippen LogP contribution in [0, 0.1) is 0 Å². The molecular formula is C25H22Cl2N4OS. The summed E-state index contributed by atoms with van der Waals surface area (Å²) in [6.07, 6.45) is 7.34. The summed E-state index contributed by atoms with van der Waals surface area (Å²) in [4.78, 5) is 25.8. The molecule has 3 aromatic heterocycles. The highest BCUT2D eigenvalue weighted by molar-refractivity contribution is 7.17. The van der Waals surface area contributed by atoms with Crippen LogP contribution in [0.4, 0.5) is 0 Å². The zero-order valence-corrected chi connectivity index (χ0v) is 20.2. The fraction of sp³-hybridized carbons (Fsp3) is 0.240. The van der Waals surface area contributed by atoms with Gasteiger partial charge in [-0.2, -0.15) is 0 Å². The van der Waals surface area contributed by atoms with Gasteiger partial charge in [0.2, 0.25) is 0 Å². The zero-order valence-electron chi connectivity index (χ0n) is 17.8. The van der Waals surface area contributed by atoms with Crippen LogP contribution in [0.2, 0.25) is 10.0 Å². The summed E-state index contributed by atoms with van der Waals surface area (Å²) in [7, 11) is 0. The Morgan fingerprint density at radius 2 is 1.88 bits per heavy atom. The molecule has 1 saturated heterocycles. The Morgan fingerprint density at radius 1 is 1.03 bits per heavy atom. The van der Waals surface area contributed by atoms with Crippen molar-refractivity contribution in [1.29, 1.82) is 0 Å². The van der Waals surface area contributed by atoms with Gasteiger partial charge in [-0.15, -0.1) is 11.3 Å². The van der Waals surface area contributed by atoms with Crippen molar-refractivity contribution < 1.29 is 4.79 Å². The molecule has 4 aromatic rings. The van der Waals surface area contributed by atoms with E-state index in [0.29, 0.717) is 35.6 Å². The highest BCUT2D eigenvalue weighted by Gasteiger charge is 2.28. The van der Waals surface area contributed by atoms with Crippen molar-refractivity contribution in [1.82, 2.24) is 19.4 Å². The molecule has 168 valence electrons. The van der Waals surface area contributed by atoms with Crippen molar-refractivity contribution in [2.75, 3.05) is 13.1 Å². The number of aromatic nitrogens is 3. The fourth-order valence-corrected chi connectivity index (χ4v) is 5.58. The smallest absolute Gasteiger partial charge is 0.263 e. The topological polar surface area (TPSA) is 51.0 Å². The summed E-state index contributed by atoms with van der Waals surface area (Å²) in [5.74, 6) is 1.43. The third kappa shape index (κ3) is 4.83. The summed E-state index contributed by atoms with van der Waals surface area (Å²) < 4.78 is 2.14. The van der Waals surface area contributed by atoms with Gasteiger partial charge in [0.1, 0.15) is 5.82 Å². The van der Waals surface area contributed by atoms with Gasteiger partial charge in [-0.1, -0.05) is 29.3 Å². The number of hydrogen-bond donors (Lipinski definition) is 0. The van der Waals surface area contributed by atoms with Crippen molar-refractivity contribution in [2.24, 2.45) is 0 Å². The Bertz CT molecular complexity index is 1260. The Hall–Kier alpha value is -2.67. The van der Waals surface area contributed by atoms with E-state index in [4.69, 9.17) is 23.2 Å². The average molecular weight is 497 g/mol. The molecule has 0 spiro atoms. The third-order valence-electron chi connectivity index (χ3n) is 5.98. The molecule has 0 atom stereocenters. The summed E-state index contributed by atoms with van der Waals surface area (Å²) in [6, 6.07) is 15.2. The second kappa shape index (κ2) is 9.67. The Balaban J connectivity index is 1.24. The molecular weight excluding hydrogens is 475 g/mol. The van der Waals surface area contributed by atoms with Crippen molar-refractivity contribution in [3.8, 4) is 10.6 Å². The molecule has 1 aromatic carbocycles. The van der Waals surface area contributed by atoms with Gasteiger partial charge in [-0.25, -0.2) is 4.98 Å². The van der Waals surface area contributed by atoms with Gasteiger partial charge >= 0.3 is 0 Å². The van der Waals surface area contributed by atoms with Crippen LogP contribution in [-0.4, -0.2) is 38.4 Å². The van der Waals surface area contributed by atoms with Crippen molar-refractivity contribution >= 4 is 40.4 Å². The highest BCUT2D eigenvalue weighted by Crippen LogP contribution is 2.31. The van der Waals surface area contributed by atoms with E-state index in [9.17, 15) is 4.79 Å². The second-order valence-electron chi connectivity index (χ2n) is 8.09. The van der Waals surface area contributed by atoms with Gasteiger partial charge < -0.3 is 9.47 Å². The molecule has 0 bridgehead atoms. The third-order valence-corrected chi connectivity index (χ3v) is 7.68. The summed E-state index contributed by atoms with van der Waals surface area (Å²) in [5, 5.41) is 1.36. The Labute approximate surface area is 206 Å². The molecule has 5 rings (SSSR count). The number of rotatable bonds is 5. The number of amides is 1. The first kappa shape index (κ1) is 22.1. The Morgan fingerprint density at radius 3 is 2.67 bits per heavy atom. The van der Waals surface area contributed by atoms with Gasteiger partial charge in [0.05, 0.1) is 22.0 Å². The fourth-order valence-electron chi connectivity index (χ4n) is 4.26. The van der Waals surface area contributed by atoms with Gasteiger partial charge in [0, 0.05) is 47.6 Å². The van der Waals surface area contributed by atoms with E-state index in [0.717, 1.165) is 39.7 Å². The number of carbonyl (C=O) groups is 1. The quantitative estimate of drug-likeness (QED) is 0.322. The molecule has 1 aliphatic rings.